The summed E-state index contributed by atoms with van der Waals surface area (Å²) in [4.78, 5) is 65.3. The highest BCUT2D eigenvalue weighted by Gasteiger charge is 2.25. The number of hydrogen-bond acceptors (Lipinski definition) is 13. The number of hydrogen-bond donors (Lipinski definition) is 4. The van der Waals surface area contributed by atoms with Crippen LogP contribution in [0, 0.1) is 0 Å². The van der Waals surface area contributed by atoms with E-state index in [0.29, 0.717) is 50.6 Å². The maximum Gasteiger partial charge on any atom is 0.419 e. The number of halogens is 1. The van der Waals surface area contributed by atoms with E-state index < -0.39 is 29.8 Å². The highest BCUT2D eigenvalue weighted by molar-refractivity contribution is 7.98. The van der Waals surface area contributed by atoms with Crippen molar-refractivity contribution in [1.29, 1.82) is 0 Å². The molecule has 0 radical (unpaired) electrons. The molecule has 4 N–H and O–H groups in total. The average Bonchev–Trinajstić information content (AvgIpc) is 3.74. The predicted molar refractivity (Wildman–Crippen MR) is 253 cm³/mol. The minimum atomic E-state index is -1.11. The summed E-state index contributed by atoms with van der Waals surface area (Å²) in [6, 6.07) is 17.7. The molecule has 0 bridgehead atoms. The molecule has 0 aliphatic carbocycles. The van der Waals surface area contributed by atoms with E-state index in [-0.39, 0.29) is 66.3 Å². The maximum absolute atomic E-state index is 14.5. The SMILES string of the molecule is CCCCCCCCCCCCN(C(=O)Oc1ccc(NC(=O)CCC(=O)O)cc1CSc1nnc(CC(=O)OCC)o1)c1cccc2c(O)c(C(=O)Nc3cc(Cl)ccc3OC)ccc12. The van der Waals surface area contributed by atoms with Gasteiger partial charge in [0.1, 0.15) is 23.7 Å². The predicted octanol–water partition coefficient (Wildman–Crippen LogP) is 11.0. The van der Waals surface area contributed by atoms with Crippen LogP contribution >= 0.6 is 23.4 Å². The fraction of sp³-hybridized carbons (Fsp3) is 0.396. The maximum atomic E-state index is 14.5. The second-order valence-corrected chi connectivity index (χ2v) is 16.7. The molecule has 352 valence electrons. The Labute approximate surface area is 392 Å². The van der Waals surface area contributed by atoms with Crippen molar-refractivity contribution in [2.75, 3.05) is 35.8 Å². The topological polar surface area (TPSA) is 220 Å². The molecule has 1 aromatic heterocycles. The van der Waals surface area contributed by atoms with Crippen molar-refractivity contribution < 1.29 is 52.8 Å². The first-order chi connectivity index (χ1) is 31.9. The van der Waals surface area contributed by atoms with Crippen molar-refractivity contribution in [2.24, 2.45) is 0 Å². The first kappa shape index (κ1) is 50.7. The summed E-state index contributed by atoms with van der Waals surface area (Å²) in [7, 11) is 1.46. The third-order valence-electron chi connectivity index (χ3n) is 10.4. The summed E-state index contributed by atoms with van der Waals surface area (Å²) in [6.45, 7) is 4.34. The number of carbonyl (C=O) groups is 5. The van der Waals surface area contributed by atoms with E-state index >= 15 is 0 Å². The van der Waals surface area contributed by atoms with E-state index in [2.05, 4.69) is 27.8 Å². The van der Waals surface area contributed by atoms with Crippen LogP contribution < -0.4 is 25.0 Å². The number of phenols is 1. The molecule has 0 saturated carbocycles. The molecular formula is C48H56ClN5O11S. The van der Waals surface area contributed by atoms with Crippen molar-refractivity contribution in [1.82, 2.24) is 10.2 Å². The average molecular weight is 947 g/mol. The van der Waals surface area contributed by atoms with E-state index in [0.717, 1.165) is 37.4 Å². The Hall–Kier alpha value is -6.33. The highest BCUT2D eigenvalue weighted by atomic mass is 35.5. The minimum Gasteiger partial charge on any atom is -0.506 e. The smallest absolute Gasteiger partial charge is 0.419 e. The van der Waals surface area contributed by atoms with Gasteiger partial charge in [0.2, 0.25) is 11.8 Å². The van der Waals surface area contributed by atoms with Crippen LogP contribution in [0.5, 0.6) is 17.2 Å². The van der Waals surface area contributed by atoms with Crippen molar-refractivity contribution in [3.8, 4) is 17.2 Å². The van der Waals surface area contributed by atoms with Crippen molar-refractivity contribution in [3.63, 3.8) is 0 Å². The molecule has 5 rings (SSSR count). The molecule has 16 nitrogen and oxygen atoms in total. The van der Waals surface area contributed by atoms with E-state index in [4.69, 9.17) is 35.3 Å². The van der Waals surface area contributed by atoms with Gasteiger partial charge in [-0.2, -0.15) is 0 Å². The Kier molecular flexibility index (Phi) is 19.9. The Balaban J connectivity index is 1.43. The number of carboxylic acids is 1. The normalized spacial score (nSPS) is 11.0. The number of ether oxygens (including phenoxy) is 3. The second kappa shape index (κ2) is 26.0. The largest absolute Gasteiger partial charge is 0.506 e. The van der Waals surface area contributed by atoms with Crippen LogP contribution in [-0.4, -0.2) is 70.5 Å². The number of carboxylic acid groups (broad SMARTS) is 1. The van der Waals surface area contributed by atoms with E-state index in [1.165, 1.54) is 68.4 Å². The lowest BCUT2D eigenvalue weighted by Gasteiger charge is -2.25. The fourth-order valence-electron chi connectivity index (χ4n) is 7.08. The number of unbranched alkanes of at least 4 members (excludes halogenated alkanes) is 9. The number of aromatic hydroxyl groups is 1. The molecule has 0 aliphatic rings. The molecule has 0 atom stereocenters. The first-order valence-corrected chi connectivity index (χ1v) is 23.4. The summed E-state index contributed by atoms with van der Waals surface area (Å²) in [5, 5.41) is 35.4. The van der Waals surface area contributed by atoms with Gasteiger partial charge in [-0.1, -0.05) is 106 Å². The monoisotopic (exact) mass is 945 g/mol. The molecule has 1 heterocycles. The standard InChI is InChI=1S/C48H56ClN5O11S/c1-4-6-7-8-9-10-11-12-13-14-26-54(38-17-15-16-35-34(38)20-21-36(45(35)59)46(60)51-37-28-32(49)18-22-40(37)62-3)48(61)64-39-23-19-33(50-41(55)24-25-43(56)57)27-31(39)30-66-47-53-52-42(65-47)29-44(58)63-5-2/h15-23,27-28,59H,4-14,24-26,29-30H2,1-3H3,(H,50,55)(H,51,60)(H,56,57). The Morgan fingerprint density at radius 1 is 0.818 bits per heavy atom. The summed E-state index contributed by atoms with van der Waals surface area (Å²) in [5.41, 5.74) is 1.50. The Morgan fingerprint density at radius 2 is 1.55 bits per heavy atom. The number of amides is 3. The lowest BCUT2D eigenvalue weighted by molar-refractivity contribution is -0.142. The molecule has 3 amide bonds. The zero-order valence-corrected chi connectivity index (χ0v) is 38.9. The number of anilines is 3. The molecule has 4 aromatic carbocycles. The fourth-order valence-corrected chi connectivity index (χ4v) is 8.01. The van der Waals surface area contributed by atoms with Crippen LogP contribution in [0.4, 0.5) is 21.9 Å². The molecule has 0 fully saturated rings. The van der Waals surface area contributed by atoms with Gasteiger partial charge in [-0.05, 0) is 61.9 Å². The molecule has 0 aliphatic heterocycles. The lowest BCUT2D eigenvalue weighted by Crippen LogP contribution is -2.35. The number of carbonyl (C=O) groups excluding carboxylic acids is 4. The van der Waals surface area contributed by atoms with E-state index in [9.17, 15) is 29.1 Å². The van der Waals surface area contributed by atoms with Gasteiger partial charge in [0.05, 0.1) is 37.1 Å². The summed E-state index contributed by atoms with van der Waals surface area (Å²) < 4.78 is 22.2. The third-order valence-corrected chi connectivity index (χ3v) is 11.5. The highest BCUT2D eigenvalue weighted by Crippen LogP contribution is 2.38. The van der Waals surface area contributed by atoms with Gasteiger partial charge in [0.25, 0.3) is 11.1 Å². The Morgan fingerprint density at radius 3 is 2.26 bits per heavy atom. The second-order valence-electron chi connectivity index (χ2n) is 15.3. The summed E-state index contributed by atoms with van der Waals surface area (Å²) in [6.07, 6.45) is 9.27. The van der Waals surface area contributed by atoms with E-state index in [1.54, 1.807) is 49.4 Å². The first-order valence-electron chi connectivity index (χ1n) is 22.0. The molecule has 5 aromatic rings. The van der Waals surface area contributed by atoms with Gasteiger partial charge in [0.15, 0.2) is 0 Å². The number of esters is 1. The molecule has 18 heteroatoms. The van der Waals surface area contributed by atoms with Crippen LogP contribution in [0.15, 0.2) is 76.4 Å². The van der Waals surface area contributed by atoms with Crippen molar-refractivity contribution in [3.05, 3.63) is 88.8 Å². The van der Waals surface area contributed by atoms with Gasteiger partial charge in [-0.3, -0.25) is 24.1 Å². The zero-order valence-electron chi connectivity index (χ0n) is 37.4. The number of fused-ring (bicyclic) bond motifs is 1. The molecular weight excluding hydrogens is 890 g/mol. The number of nitrogens with zero attached hydrogens (tertiary/aromatic N) is 3. The van der Waals surface area contributed by atoms with Gasteiger partial charge in [0, 0.05) is 45.8 Å². The van der Waals surface area contributed by atoms with Gasteiger partial charge in [-0.25, -0.2) is 4.79 Å². The van der Waals surface area contributed by atoms with Gasteiger partial charge < -0.3 is 39.5 Å². The van der Waals surface area contributed by atoms with Gasteiger partial charge in [-0.15, -0.1) is 10.2 Å². The number of benzene rings is 4. The number of aromatic nitrogens is 2. The molecule has 0 spiro atoms. The number of thioether (sulfide) groups is 1. The van der Waals surface area contributed by atoms with Crippen LogP contribution in [-0.2, 0) is 31.3 Å². The van der Waals surface area contributed by atoms with Crippen LogP contribution in [0.25, 0.3) is 10.8 Å². The molecule has 0 unspecified atom stereocenters. The molecule has 66 heavy (non-hydrogen) atoms. The lowest BCUT2D eigenvalue weighted by atomic mass is 10.0. The number of nitrogens with one attached hydrogen (secondary N) is 2. The van der Waals surface area contributed by atoms with E-state index in [1.807, 2.05) is 0 Å². The quantitative estimate of drug-likeness (QED) is 0.0230. The number of methoxy groups -OCH3 is 1. The number of aliphatic carboxylic acids is 1. The van der Waals surface area contributed by atoms with Crippen molar-refractivity contribution in [2.45, 2.75) is 108 Å². The summed E-state index contributed by atoms with van der Waals surface area (Å²) in [5.74, 6) is -2.38. The molecule has 0 saturated heterocycles. The van der Waals surface area contributed by atoms with Crippen molar-refractivity contribution >= 4 is 81.0 Å². The Bertz CT molecular complexity index is 2460. The zero-order chi connectivity index (χ0) is 47.4. The minimum absolute atomic E-state index is 0.0166. The number of phenolic OH excluding ortho intramolecular Hbond substituents is 1. The third kappa shape index (κ3) is 15.1. The summed E-state index contributed by atoms with van der Waals surface area (Å²) >= 11 is 7.29. The van der Waals surface area contributed by atoms with Crippen LogP contribution in [0.2, 0.25) is 5.02 Å². The van der Waals surface area contributed by atoms with Crippen LogP contribution in [0.3, 0.4) is 0 Å². The van der Waals surface area contributed by atoms with Gasteiger partial charge >= 0.3 is 18.0 Å². The van der Waals surface area contributed by atoms with Crippen LogP contribution in [0.1, 0.15) is 113 Å². The number of rotatable bonds is 26.